The summed E-state index contributed by atoms with van der Waals surface area (Å²) in [6, 6.07) is 12.5. The number of nitrogens with one attached hydrogen (secondary N) is 1. The molecule has 3 aliphatic rings. The molecule has 2 aliphatic heterocycles. The van der Waals surface area contributed by atoms with E-state index in [0.717, 1.165) is 23.9 Å². The Kier molecular flexibility index (Phi) is 6.90. The molecule has 0 spiro atoms. The van der Waals surface area contributed by atoms with Crippen molar-refractivity contribution in [2.24, 2.45) is 13.0 Å². The van der Waals surface area contributed by atoms with Crippen molar-refractivity contribution < 1.29 is 22.7 Å². The number of aryl methyl sites for hydroxylation is 1. The van der Waals surface area contributed by atoms with Gasteiger partial charge in [0, 0.05) is 48.6 Å². The zero-order valence-corrected chi connectivity index (χ0v) is 23.8. The lowest BCUT2D eigenvalue weighted by Crippen LogP contribution is -2.43. The first kappa shape index (κ1) is 28.4. The fourth-order valence-corrected chi connectivity index (χ4v) is 6.69. The predicted molar refractivity (Wildman–Crippen MR) is 148 cm³/mol. The Morgan fingerprint density at radius 2 is 1.98 bits per heavy atom. The van der Waals surface area contributed by atoms with E-state index in [-0.39, 0.29) is 47.2 Å². The molecule has 2 fully saturated rings. The molecule has 1 N–H and O–H groups in total. The topological polar surface area (TPSA) is 96.1 Å². The van der Waals surface area contributed by atoms with Crippen LogP contribution in [0.1, 0.15) is 71.5 Å². The van der Waals surface area contributed by atoms with E-state index in [1.807, 2.05) is 43.7 Å². The standard InChI is InChI=1S/C31H33F3N6O2/c1-29(2)12-22(17-42-29)36-15-19-7-24-25(26(8-19)31(32,33)34)16-40(28(24)41)23-6-4-5-21(9-23)30(10-20(11-30)14-35)13-27-38-37-18-39(27)3/h4-9,18,20,22,36H,10-13,15-17H2,1-3H3/t20-,22?,30-. The average Bonchev–Trinajstić information content (AvgIpc) is 3.59. The molecule has 1 saturated heterocycles. The first-order chi connectivity index (χ1) is 19.9. The number of benzene rings is 2. The van der Waals surface area contributed by atoms with E-state index < -0.39 is 17.6 Å². The number of hydrogen-bond acceptors (Lipinski definition) is 6. The number of anilines is 1. The number of carbonyl (C=O) groups is 1. The fourth-order valence-electron chi connectivity index (χ4n) is 6.69. The van der Waals surface area contributed by atoms with Crippen molar-refractivity contribution in [2.45, 2.75) is 75.9 Å². The number of rotatable bonds is 7. The quantitative estimate of drug-likeness (QED) is 0.421. The first-order valence-electron chi connectivity index (χ1n) is 14.1. The molecule has 2 aromatic carbocycles. The third-order valence-electron chi connectivity index (χ3n) is 8.94. The fraction of sp³-hybridized carbons (Fsp3) is 0.484. The summed E-state index contributed by atoms with van der Waals surface area (Å²) in [6.07, 6.45) is -0.394. The zero-order chi connectivity index (χ0) is 29.9. The van der Waals surface area contributed by atoms with Gasteiger partial charge in [0.05, 0.1) is 30.4 Å². The molecular weight excluding hydrogens is 545 g/mol. The Balaban J connectivity index is 1.29. The molecular formula is C31H33F3N6O2. The normalized spacial score (nSPS) is 24.9. The second-order valence-corrected chi connectivity index (χ2v) is 12.5. The van der Waals surface area contributed by atoms with Crippen LogP contribution in [-0.4, -0.2) is 38.9 Å². The molecule has 11 heteroatoms. The summed E-state index contributed by atoms with van der Waals surface area (Å²) < 4.78 is 50.4. The van der Waals surface area contributed by atoms with Crippen molar-refractivity contribution in [3.05, 3.63) is 76.4 Å². The van der Waals surface area contributed by atoms with Gasteiger partial charge < -0.3 is 19.5 Å². The number of hydrogen-bond donors (Lipinski definition) is 1. The molecule has 1 atom stereocenters. The number of ether oxygens (including phenoxy) is 1. The summed E-state index contributed by atoms with van der Waals surface area (Å²) in [7, 11) is 1.87. The number of alkyl halides is 3. The first-order valence-corrected chi connectivity index (χ1v) is 14.1. The molecule has 8 nitrogen and oxygen atoms in total. The summed E-state index contributed by atoms with van der Waals surface area (Å²) in [5, 5.41) is 21.0. The van der Waals surface area contributed by atoms with E-state index in [1.54, 1.807) is 18.5 Å². The van der Waals surface area contributed by atoms with Crippen LogP contribution in [0.15, 0.2) is 42.7 Å². The van der Waals surface area contributed by atoms with Crippen LogP contribution in [0.2, 0.25) is 0 Å². The highest BCUT2D eigenvalue weighted by molar-refractivity contribution is 6.10. The summed E-state index contributed by atoms with van der Waals surface area (Å²) in [5.74, 6) is 0.235. The van der Waals surface area contributed by atoms with Crippen molar-refractivity contribution >= 4 is 11.6 Å². The van der Waals surface area contributed by atoms with Gasteiger partial charge in [0.15, 0.2) is 0 Å². The molecule has 1 amide bonds. The molecule has 6 rings (SSSR count). The van der Waals surface area contributed by atoms with Crippen molar-refractivity contribution in [1.82, 2.24) is 20.1 Å². The number of halogens is 3. The van der Waals surface area contributed by atoms with Gasteiger partial charge in [-0.1, -0.05) is 12.1 Å². The van der Waals surface area contributed by atoms with Gasteiger partial charge in [-0.05, 0) is 74.1 Å². The number of aromatic nitrogens is 3. The Morgan fingerprint density at radius 1 is 1.19 bits per heavy atom. The van der Waals surface area contributed by atoms with Gasteiger partial charge in [-0.15, -0.1) is 10.2 Å². The van der Waals surface area contributed by atoms with Crippen molar-refractivity contribution in [2.75, 3.05) is 11.5 Å². The van der Waals surface area contributed by atoms with Gasteiger partial charge in [0.2, 0.25) is 0 Å². The Hall–Kier alpha value is -3.75. The second-order valence-electron chi connectivity index (χ2n) is 12.5. The molecule has 220 valence electrons. The highest BCUT2D eigenvalue weighted by Gasteiger charge is 2.47. The van der Waals surface area contributed by atoms with Crippen LogP contribution in [0.4, 0.5) is 18.9 Å². The number of nitriles is 1. The van der Waals surface area contributed by atoms with Crippen molar-refractivity contribution in [3.63, 3.8) is 0 Å². The molecule has 1 aromatic heterocycles. The second kappa shape index (κ2) is 10.2. The van der Waals surface area contributed by atoms with Crippen LogP contribution in [0.5, 0.6) is 0 Å². The maximum atomic E-state index is 14.3. The lowest BCUT2D eigenvalue weighted by molar-refractivity contribution is -0.138. The van der Waals surface area contributed by atoms with Crippen LogP contribution >= 0.6 is 0 Å². The maximum Gasteiger partial charge on any atom is 0.416 e. The van der Waals surface area contributed by atoms with Gasteiger partial charge >= 0.3 is 6.18 Å². The molecule has 42 heavy (non-hydrogen) atoms. The zero-order valence-electron chi connectivity index (χ0n) is 23.8. The van der Waals surface area contributed by atoms with E-state index in [9.17, 15) is 23.2 Å². The van der Waals surface area contributed by atoms with Gasteiger partial charge in [-0.2, -0.15) is 18.4 Å². The number of fused-ring (bicyclic) bond motifs is 1. The van der Waals surface area contributed by atoms with Crippen LogP contribution in [0.25, 0.3) is 0 Å². The SMILES string of the molecule is Cn1cnnc1C[C@]1(c2cccc(N3Cc4c(cc(CNC5COC(C)(C)C5)cc4C(F)(F)F)C3=O)c2)C[C@H](C#N)C1. The molecule has 3 heterocycles. The van der Waals surface area contributed by atoms with Crippen LogP contribution < -0.4 is 10.2 Å². The molecule has 1 aliphatic carbocycles. The molecule has 1 unspecified atom stereocenters. The minimum absolute atomic E-state index is 0.00558. The van der Waals surface area contributed by atoms with Crippen LogP contribution in [-0.2, 0) is 42.9 Å². The number of nitrogens with zero attached hydrogens (tertiary/aromatic N) is 5. The van der Waals surface area contributed by atoms with Crippen molar-refractivity contribution in [1.29, 1.82) is 5.26 Å². The maximum absolute atomic E-state index is 14.3. The smallest absolute Gasteiger partial charge is 0.374 e. The van der Waals surface area contributed by atoms with Gasteiger partial charge in [-0.3, -0.25) is 4.79 Å². The summed E-state index contributed by atoms with van der Waals surface area (Å²) in [4.78, 5) is 15.1. The minimum Gasteiger partial charge on any atom is -0.374 e. The summed E-state index contributed by atoms with van der Waals surface area (Å²) in [6.45, 7) is 4.49. The molecule has 1 saturated carbocycles. The predicted octanol–water partition coefficient (Wildman–Crippen LogP) is 5.07. The van der Waals surface area contributed by atoms with E-state index in [2.05, 4.69) is 21.6 Å². The summed E-state index contributed by atoms with van der Waals surface area (Å²) >= 11 is 0. The average molecular weight is 579 g/mol. The molecule has 0 bridgehead atoms. The largest absolute Gasteiger partial charge is 0.416 e. The van der Waals surface area contributed by atoms with Crippen LogP contribution in [0.3, 0.4) is 0 Å². The monoisotopic (exact) mass is 578 g/mol. The van der Waals surface area contributed by atoms with Gasteiger partial charge in [0.1, 0.15) is 12.2 Å². The van der Waals surface area contributed by atoms with Gasteiger partial charge in [-0.25, -0.2) is 0 Å². The van der Waals surface area contributed by atoms with Crippen LogP contribution in [0, 0.1) is 17.2 Å². The van der Waals surface area contributed by atoms with Crippen molar-refractivity contribution in [3.8, 4) is 6.07 Å². The highest BCUT2D eigenvalue weighted by Crippen LogP contribution is 2.50. The minimum atomic E-state index is -4.60. The van der Waals surface area contributed by atoms with E-state index in [4.69, 9.17) is 4.74 Å². The van der Waals surface area contributed by atoms with E-state index in [1.165, 1.54) is 4.90 Å². The van der Waals surface area contributed by atoms with Gasteiger partial charge in [0.25, 0.3) is 5.91 Å². The number of amides is 1. The Morgan fingerprint density at radius 3 is 2.62 bits per heavy atom. The summed E-state index contributed by atoms with van der Waals surface area (Å²) in [5.41, 5.74) is 0.521. The highest BCUT2D eigenvalue weighted by atomic mass is 19.4. The lowest BCUT2D eigenvalue weighted by atomic mass is 9.57. The number of carbonyl (C=O) groups excluding carboxylic acids is 1. The Bertz CT molecular complexity index is 1570. The van der Waals surface area contributed by atoms with E-state index >= 15 is 0 Å². The lowest BCUT2D eigenvalue weighted by Gasteiger charge is -2.45. The Labute approximate surface area is 242 Å². The third kappa shape index (κ3) is 5.18. The molecule has 0 radical (unpaired) electrons. The van der Waals surface area contributed by atoms with E-state index in [0.29, 0.717) is 37.1 Å². The third-order valence-corrected chi connectivity index (χ3v) is 8.94. The molecule has 3 aromatic rings.